The molecule has 5 N–H and O–H groups in total. The van der Waals surface area contributed by atoms with Crippen LogP contribution in [0.4, 0.5) is 30.6 Å². The summed E-state index contributed by atoms with van der Waals surface area (Å²) >= 11 is 0. The standard InChI is InChI=1S/C64H70F3N13O5/c1-4-58(84)79-33-32-78(38-48(79)20-26-68)59-50-25-31-77(54-11-7-9-46-8-5-6-10-49(46)54)39-53(50)72-63(73-59)70-28-22-57(83)69-27-21-42-12-14-45(15-13-42)37-76-29-23-44(24-30-76)34-43-16-18-47(19-17-43)80-60(52-35-51(41(2)3)55(81)36-56(52)82)74-75-61(80)62(85)71-40-64(65,66)67/h4-19,35-36,41,44,48,81-82H,1,20-25,27-34,37-40H2,2-3H3,(H,69,83)(H,71,85)(H,70,72,73). The Kier molecular flexibility index (Phi) is 18.3. The number of likely N-dealkylation sites (tertiary alicyclic amines) is 1. The van der Waals surface area contributed by atoms with Crippen LogP contribution in [0.15, 0.2) is 116 Å². The Hall–Kier alpha value is -9.03. The van der Waals surface area contributed by atoms with Crippen molar-refractivity contribution in [2.75, 3.05) is 74.0 Å². The van der Waals surface area contributed by atoms with Crippen molar-refractivity contribution >= 4 is 45.9 Å². The topological polar surface area (TPSA) is 221 Å². The van der Waals surface area contributed by atoms with Crippen molar-refractivity contribution in [3.63, 3.8) is 0 Å². The number of nitriles is 1. The Morgan fingerprint density at radius 3 is 2.32 bits per heavy atom. The Labute approximate surface area is 492 Å². The quantitative estimate of drug-likeness (QED) is 0.0450. The molecule has 2 fully saturated rings. The van der Waals surface area contributed by atoms with Gasteiger partial charge in [-0.25, -0.2) is 4.98 Å². The molecule has 7 aromatic rings. The number of anilines is 3. The predicted molar refractivity (Wildman–Crippen MR) is 319 cm³/mol. The van der Waals surface area contributed by atoms with E-state index in [4.69, 9.17) is 9.97 Å². The molecule has 18 nitrogen and oxygen atoms in total. The second kappa shape index (κ2) is 26.3. The number of nitrogens with one attached hydrogen (secondary N) is 3. The summed E-state index contributed by atoms with van der Waals surface area (Å²) in [6.45, 7) is 12.0. The zero-order chi connectivity index (χ0) is 59.8. The van der Waals surface area contributed by atoms with Crippen molar-refractivity contribution < 1.29 is 37.8 Å². The van der Waals surface area contributed by atoms with Crippen molar-refractivity contribution in [1.29, 1.82) is 5.26 Å². The van der Waals surface area contributed by atoms with Crippen LogP contribution in [0.3, 0.4) is 0 Å². The third kappa shape index (κ3) is 14.1. The van der Waals surface area contributed by atoms with Gasteiger partial charge in [0.1, 0.15) is 23.9 Å². The number of halogens is 3. The Balaban J connectivity index is 0.701. The minimum atomic E-state index is -4.65. The molecule has 3 amide bonds. The van der Waals surface area contributed by atoms with Crippen molar-refractivity contribution in [3.8, 4) is 34.6 Å². The third-order valence-electron chi connectivity index (χ3n) is 16.3. The zero-order valence-corrected chi connectivity index (χ0v) is 47.8. The van der Waals surface area contributed by atoms with E-state index in [9.17, 15) is 43.0 Å². The Morgan fingerprint density at radius 2 is 1.58 bits per heavy atom. The molecule has 10 rings (SSSR count). The smallest absolute Gasteiger partial charge is 0.405 e. The monoisotopic (exact) mass is 1160 g/mol. The van der Waals surface area contributed by atoms with E-state index in [-0.39, 0.29) is 59.5 Å². The number of carbonyl (C=O) groups is 3. The van der Waals surface area contributed by atoms with E-state index in [1.807, 2.05) is 37.4 Å². The van der Waals surface area contributed by atoms with Crippen LogP contribution in [0.2, 0.25) is 0 Å². The second-order valence-corrected chi connectivity index (χ2v) is 22.4. The van der Waals surface area contributed by atoms with Crippen LogP contribution in [-0.4, -0.2) is 134 Å². The highest BCUT2D eigenvalue weighted by Crippen LogP contribution is 2.39. The van der Waals surface area contributed by atoms with Crippen LogP contribution < -0.4 is 25.8 Å². The number of hydrogen-bond acceptors (Lipinski definition) is 14. The number of phenols is 2. The fourth-order valence-electron chi connectivity index (χ4n) is 11.8. The molecule has 85 heavy (non-hydrogen) atoms. The van der Waals surface area contributed by atoms with E-state index in [0.717, 1.165) is 84.7 Å². The Bertz CT molecular complexity index is 3590. The van der Waals surface area contributed by atoms with Gasteiger partial charge in [0.25, 0.3) is 5.91 Å². The molecule has 5 heterocycles. The molecule has 1 unspecified atom stereocenters. The summed E-state index contributed by atoms with van der Waals surface area (Å²) < 4.78 is 40.7. The number of benzene rings is 5. The molecular formula is C64H70F3N13O5. The molecular weight excluding hydrogens is 1090 g/mol. The van der Waals surface area contributed by atoms with Gasteiger partial charge >= 0.3 is 6.18 Å². The number of fused-ring (bicyclic) bond motifs is 2. The van der Waals surface area contributed by atoms with Crippen molar-refractivity contribution in [2.24, 2.45) is 5.92 Å². The van der Waals surface area contributed by atoms with Gasteiger partial charge in [0.15, 0.2) is 5.82 Å². The van der Waals surface area contributed by atoms with E-state index in [2.05, 4.69) is 109 Å². The predicted octanol–water partition coefficient (Wildman–Crippen LogP) is 9.00. The molecule has 0 aliphatic carbocycles. The molecule has 3 aliphatic rings. The second-order valence-electron chi connectivity index (χ2n) is 22.4. The number of aromatic nitrogens is 5. The number of alkyl halides is 3. The number of rotatable bonds is 20. The van der Waals surface area contributed by atoms with Gasteiger partial charge in [-0.1, -0.05) is 93.2 Å². The molecule has 0 bridgehead atoms. The molecule has 21 heteroatoms. The first kappa shape index (κ1) is 59.1. The first-order chi connectivity index (χ1) is 41.0. The number of aromatic hydroxyl groups is 2. The van der Waals surface area contributed by atoms with Crippen molar-refractivity contribution in [1.82, 2.24) is 45.2 Å². The van der Waals surface area contributed by atoms with E-state index in [1.165, 1.54) is 33.7 Å². The number of piperazine rings is 1. The average molecular weight is 1160 g/mol. The molecule has 3 aliphatic heterocycles. The molecule has 0 saturated carbocycles. The summed E-state index contributed by atoms with van der Waals surface area (Å²) in [6.07, 6.45) is 1.23. The lowest BCUT2D eigenvalue weighted by Crippen LogP contribution is -2.55. The number of nitrogens with zero attached hydrogens (tertiary/aromatic N) is 10. The molecule has 5 aromatic carbocycles. The van der Waals surface area contributed by atoms with Crippen LogP contribution in [0, 0.1) is 17.2 Å². The molecule has 2 saturated heterocycles. The van der Waals surface area contributed by atoms with E-state index < -0.39 is 24.5 Å². The van der Waals surface area contributed by atoms with Crippen molar-refractivity contribution in [2.45, 2.75) is 90.0 Å². The lowest BCUT2D eigenvalue weighted by molar-refractivity contribution is -0.128. The maximum absolute atomic E-state index is 13.2. The summed E-state index contributed by atoms with van der Waals surface area (Å²) in [6, 6.07) is 35.2. The fraction of sp³-hybridized carbons (Fsp3) is 0.375. The summed E-state index contributed by atoms with van der Waals surface area (Å²) in [4.78, 5) is 57.8. The first-order valence-electron chi connectivity index (χ1n) is 29.0. The maximum atomic E-state index is 13.2. The molecule has 442 valence electrons. The van der Waals surface area contributed by atoms with Gasteiger partial charge in [-0.15, -0.1) is 10.2 Å². The number of carbonyl (C=O) groups excluding carboxylic acids is 3. The largest absolute Gasteiger partial charge is 0.508 e. The van der Waals surface area contributed by atoms with Gasteiger partial charge in [-0.05, 0) is 115 Å². The van der Waals surface area contributed by atoms with Gasteiger partial charge in [0, 0.05) is 80.6 Å². The molecule has 1 atom stereocenters. The van der Waals surface area contributed by atoms with Crippen molar-refractivity contribution in [3.05, 3.63) is 155 Å². The Morgan fingerprint density at radius 1 is 0.835 bits per heavy atom. The van der Waals surface area contributed by atoms with Gasteiger partial charge in [0.2, 0.25) is 23.6 Å². The number of piperidine rings is 1. The molecule has 0 radical (unpaired) electrons. The highest BCUT2D eigenvalue weighted by molar-refractivity contribution is 5.95. The average Bonchev–Trinajstić information content (AvgIpc) is 2.38. The zero-order valence-electron chi connectivity index (χ0n) is 47.8. The molecule has 0 spiro atoms. The summed E-state index contributed by atoms with van der Waals surface area (Å²) in [7, 11) is 0. The van der Waals surface area contributed by atoms with Crippen LogP contribution >= 0.6 is 0 Å². The number of amides is 3. The highest BCUT2D eigenvalue weighted by atomic mass is 19.4. The maximum Gasteiger partial charge on any atom is 0.405 e. The summed E-state index contributed by atoms with van der Waals surface area (Å²) in [5.41, 5.74) is 7.52. The summed E-state index contributed by atoms with van der Waals surface area (Å²) in [5, 5.41) is 49.8. The van der Waals surface area contributed by atoms with Crippen LogP contribution in [0.25, 0.3) is 27.8 Å². The fourth-order valence-corrected chi connectivity index (χ4v) is 11.8. The van der Waals surface area contributed by atoms with E-state index in [1.54, 1.807) is 17.0 Å². The first-order valence-corrected chi connectivity index (χ1v) is 29.0. The minimum absolute atomic E-state index is 0.0249. The normalized spacial score (nSPS) is 15.8. The van der Waals surface area contributed by atoms with E-state index in [0.29, 0.717) is 75.2 Å². The van der Waals surface area contributed by atoms with Crippen LogP contribution in [-0.2, 0) is 41.9 Å². The third-order valence-corrected chi connectivity index (χ3v) is 16.3. The highest BCUT2D eigenvalue weighted by Gasteiger charge is 2.34. The number of hydrogen-bond donors (Lipinski definition) is 5. The lowest BCUT2D eigenvalue weighted by Gasteiger charge is -2.42. The van der Waals surface area contributed by atoms with Crippen LogP contribution in [0.5, 0.6) is 11.5 Å². The van der Waals surface area contributed by atoms with Gasteiger partial charge in [0.05, 0.1) is 36.3 Å². The van der Waals surface area contributed by atoms with Gasteiger partial charge < -0.3 is 40.9 Å². The van der Waals surface area contributed by atoms with Crippen LogP contribution in [0.1, 0.15) is 89.6 Å². The van der Waals surface area contributed by atoms with Gasteiger partial charge in [-0.3, -0.25) is 23.9 Å². The number of phenolic OH excluding ortho intramolecular Hbond substituents is 2. The minimum Gasteiger partial charge on any atom is -0.508 e. The molecule has 2 aromatic heterocycles. The van der Waals surface area contributed by atoms with E-state index >= 15 is 0 Å². The summed E-state index contributed by atoms with van der Waals surface area (Å²) in [5.74, 6) is -0.709. The van der Waals surface area contributed by atoms with Gasteiger partial charge in [-0.2, -0.15) is 23.4 Å². The lowest BCUT2D eigenvalue weighted by atomic mass is 9.90. The SMILES string of the molecule is C=CC(=O)N1CCN(c2nc(NCCC(=O)NCCc3ccc(CN4CCC(Cc5ccc(-n6c(C(=O)NCC(F)(F)F)nnc6-c6cc(C(C)C)c(O)cc6O)cc5)CC4)cc3)nc3c2CCN(c2cccc4ccccc24)C3)CC1CC#N.